The van der Waals surface area contributed by atoms with E-state index in [-0.39, 0.29) is 11.6 Å². The third-order valence-corrected chi connectivity index (χ3v) is 3.79. The number of aryl methyl sites for hydroxylation is 2. The summed E-state index contributed by atoms with van der Waals surface area (Å²) in [6.07, 6.45) is 0. The molecule has 0 aliphatic heterocycles. The van der Waals surface area contributed by atoms with Crippen LogP contribution in [-0.2, 0) is 16.2 Å². The maximum absolute atomic E-state index is 12.3. The van der Waals surface area contributed by atoms with Crippen LogP contribution in [0.1, 0.15) is 29.2 Å². The average Bonchev–Trinajstić information content (AvgIpc) is 2.60. The fraction of sp³-hybridized carbons (Fsp3) is 0.300. The van der Waals surface area contributed by atoms with E-state index in [1.807, 2.05) is 63.2 Å². The van der Waals surface area contributed by atoms with Crippen LogP contribution in [0, 0.1) is 13.8 Å². The van der Waals surface area contributed by atoms with Gasteiger partial charge in [-0.15, -0.1) is 0 Å². The summed E-state index contributed by atoms with van der Waals surface area (Å²) in [5, 5.41) is 6.67. The zero-order chi connectivity index (χ0) is 18.2. The summed E-state index contributed by atoms with van der Waals surface area (Å²) < 4.78 is 6.03. The van der Waals surface area contributed by atoms with Crippen LogP contribution in [0.25, 0.3) is 0 Å². The molecule has 0 unspecified atom stereocenters. The van der Waals surface area contributed by atoms with Crippen molar-refractivity contribution in [2.45, 2.75) is 27.4 Å². The topological polar surface area (TPSA) is 59.9 Å². The van der Waals surface area contributed by atoms with E-state index in [0.29, 0.717) is 18.7 Å². The normalized spacial score (nSPS) is 11.1. The highest BCUT2D eigenvalue weighted by Crippen LogP contribution is 2.24. The molecule has 0 saturated carbocycles. The van der Waals surface area contributed by atoms with Gasteiger partial charge in [-0.2, -0.15) is 0 Å². The first-order chi connectivity index (χ1) is 12.1. The summed E-state index contributed by atoms with van der Waals surface area (Å²) in [6, 6.07) is 13.6. The van der Waals surface area contributed by atoms with Crippen LogP contribution in [0.5, 0.6) is 5.75 Å². The van der Waals surface area contributed by atoms with Crippen LogP contribution < -0.4 is 10.1 Å². The summed E-state index contributed by atoms with van der Waals surface area (Å²) >= 11 is 0. The van der Waals surface area contributed by atoms with Crippen molar-refractivity contribution < 1.29 is 14.4 Å². The lowest BCUT2D eigenvalue weighted by atomic mass is 10.0. The molecule has 0 aliphatic carbocycles. The number of oxime groups is 1. The van der Waals surface area contributed by atoms with Gasteiger partial charge in [0.15, 0.2) is 5.71 Å². The second-order valence-electron chi connectivity index (χ2n) is 5.65. The van der Waals surface area contributed by atoms with Gasteiger partial charge in [0.05, 0.1) is 0 Å². The van der Waals surface area contributed by atoms with Crippen LogP contribution in [0.15, 0.2) is 47.6 Å². The molecule has 1 N–H and O–H groups in total. The van der Waals surface area contributed by atoms with Gasteiger partial charge in [-0.05, 0) is 37.5 Å². The van der Waals surface area contributed by atoms with Gasteiger partial charge in [-0.1, -0.05) is 47.6 Å². The van der Waals surface area contributed by atoms with Gasteiger partial charge in [0.2, 0.25) is 0 Å². The zero-order valence-corrected chi connectivity index (χ0v) is 15.1. The van der Waals surface area contributed by atoms with Crippen molar-refractivity contribution in [2.24, 2.45) is 5.16 Å². The molecule has 25 heavy (non-hydrogen) atoms. The van der Waals surface area contributed by atoms with Crippen molar-refractivity contribution in [1.29, 1.82) is 0 Å². The minimum Gasteiger partial charge on any atom is -0.488 e. The molecule has 0 saturated heterocycles. The molecule has 132 valence electrons. The van der Waals surface area contributed by atoms with Crippen molar-refractivity contribution in [3.05, 3.63) is 64.7 Å². The fourth-order valence-corrected chi connectivity index (χ4v) is 2.60. The number of amides is 1. The van der Waals surface area contributed by atoms with Gasteiger partial charge in [-0.25, -0.2) is 0 Å². The Morgan fingerprint density at radius 2 is 1.76 bits per heavy atom. The number of hydrogen-bond donors (Lipinski definition) is 1. The second-order valence-corrected chi connectivity index (χ2v) is 5.65. The molecule has 2 aromatic rings. The maximum Gasteiger partial charge on any atom is 0.273 e. The summed E-state index contributed by atoms with van der Waals surface area (Å²) in [6.45, 7) is 6.74. The Balaban J connectivity index is 2.31. The number of carbonyl (C=O) groups is 1. The van der Waals surface area contributed by atoms with Gasteiger partial charge in [0.25, 0.3) is 5.91 Å². The van der Waals surface area contributed by atoms with Crippen LogP contribution in [-0.4, -0.2) is 25.3 Å². The molecule has 0 heterocycles. The Labute approximate surface area is 148 Å². The predicted molar refractivity (Wildman–Crippen MR) is 98.9 cm³/mol. The number of hydrogen-bond acceptors (Lipinski definition) is 4. The first-order valence-electron chi connectivity index (χ1n) is 8.25. The Hall–Kier alpha value is -2.82. The van der Waals surface area contributed by atoms with E-state index in [9.17, 15) is 4.79 Å². The number of rotatable bonds is 7. The molecular formula is C20H24N2O3. The molecule has 0 radical (unpaired) electrons. The van der Waals surface area contributed by atoms with Crippen molar-refractivity contribution >= 4 is 11.6 Å². The van der Waals surface area contributed by atoms with Crippen LogP contribution >= 0.6 is 0 Å². The summed E-state index contributed by atoms with van der Waals surface area (Å²) in [5.74, 6) is 0.587. The van der Waals surface area contributed by atoms with Gasteiger partial charge >= 0.3 is 0 Å². The highest BCUT2D eigenvalue weighted by atomic mass is 16.6. The first kappa shape index (κ1) is 18.5. The van der Waals surface area contributed by atoms with Crippen LogP contribution in [0.2, 0.25) is 0 Å². The summed E-state index contributed by atoms with van der Waals surface area (Å²) in [4.78, 5) is 17.2. The second kappa shape index (κ2) is 8.87. The molecule has 0 aliphatic rings. The number of para-hydroxylation sites is 1. The summed E-state index contributed by atoms with van der Waals surface area (Å²) in [5.41, 5.74) is 3.96. The third-order valence-electron chi connectivity index (χ3n) is 3.79. The average molecular weight is 340 g/mol. The number of benzene rings is 2. The molecule has 5 heteroatoms. The fourth-order valence-electron chi connectivity index (χ4n) is 2.60. The van der Waals surface area contributed by atoms with Crippen LogP contribution in [0.3, 0.4) is 0 Å². The molecule has 5 nitrogen and oxygen atoms in total. The van der Waals surface area contributed by atoms with Crippen molar-refractivity contribution in [3.8, 4) is 5.75 Å². The van der Waals surface area contributed by atoms with E-state index in [1.165, 1.54) is 7.11 Å². The first-order valence-corrected chi connectivity index (χ1v) is 8.25. The van der Waals surface area contributed by atoms with Gasteiger partial charge in [0, 0.05) is 12.1 Å². The largest absolute Gasteiger partial charge is 0.488 e. The molecule has 2 aromatic carbocycles. The molecule has 0 aromatic heterocycles. The molecule has 0 atom stereocenters. The number of ether oxygens (including phenoxy) is 1. The Morgan fingerprint density at radius 1 is 1.08 bits per heavy atom. The molecule has 0 spiro atoms. The number of nitrogens with one attached hydrogen (secondary N) is 1. The SMILES string of the molecule is CCNC(=O)/C(=N/OC)c1ccccc1COc1c(C)cccc1C. The molecule has 0 fully saturated rings. The number of nitrogens with zero attached hydrogens (tertiary/aromatic N) is 1. The molecule has 1 amide bonds. The zero-order valence-electron chi connectivity index (χ0n) is 15.1. The van der Waals surface area contributed by atoms with E-state index < -0.39 is 0 Å². The maximum atomic E-state index is 12.3. The van der Waals surface area contributed by atoms with Crippen molar-refractivity contribution in [2.75, 3.05) is 13.7 Å². The van der Waals surface area contributed by atoms with E-state index >= 15 is 0 Å². The highest BCUT2D eigenvalue weighted by molar-refractivity contribution is 6.45. The summed E-state index contributed by atoms with van der Waals surface area (Å²) in [7, 11) is 1.43. The molecular weight excluding hydrogens is 316 g/mol. The smallest absolute Gasteiger partial charge is 0.273 e. The van der Waals surface area contributed by atoms with Gasteiger partial charge in [-0.3, -0.25) is 4.79 Å². The van der Waals surface area contributed by atoms with E-state index in [1.54, 1.807) is 0 Å². The minimum atomic E-state index is -0.274. The third kappa shape index (κ3) is 4.59. The van der Waals surface area contributed by atoms with E-state index in [4.69, 9.17) is 9.57 Å². The van der Waals surface area contributed by atoms with Gasteiger partial charge < -0.3 is 14.9 Å². The minimum absolute atomic E-state index is 0.241. The van der Waals surface area contributed by atoms with Crippen LogP contribution in [0.4, 0.5) is 0 Å². The van der Waals surface area contributed by atoms with Gasteiger partial charge in [0.1, 0.15) is 19.5 Å². The van der Waals surface area contributed by atoms with Crippen molar-refractivity contribution in [3.63, 3.8) is 0 Å². The lowest BCUT2D eigenvalue weighted by molar-refractivity contribution is -0.114. The highest BCUT2D eigenvalue weighted by Gasteiger charge is 2.18. The monoisotopic (exact) mass is 340 g/mol. The quantitative estimate of drug-likeness (QED) is 0.621. The molecule has 2 rings (SSSR count). The number of likely N-dealkylation sites (N-methyl/N-ethyl adjacent to an activating group) is 1. The van der Waals surface area contributed by atoms with Crippen molar-refractivity contribution in [1.82, 2.24) is 5.32 Å². The molecule has 0 bridgehead atoms. The number of carbonyl (C=O) groups excluding carboxylic acids is 1. The Morgan fingerprint density at radius 3 is 2.40 bits per heavy atom. The Bertz CT molecular complexity index is 749. The van der Waals surface area contributed by atoms with E-state index in [2.05, 4.69) is 10.5 Å². The van der Waals surface area contributed by atoms with E-state index in [0.717, 1.165) is 22.4 Å². The standard InChI is InChI=1S/C20H24N2O3/c1-5-21-20(23)18(22-24-4)17-12-7-6-11-16(17)13-25-19-14(2)9-8-10-15(19)3/h6-12H,5,13H2,1-4H3,(H,21,23)/b22-18+. The Kier molecular flexibility index (Phi) is 6.57. The lowest BCUT2D eigenvalue weighted by Gasteiger charge is -2.15. The predicted octanol–water partition coefficient (Wildman–Crippen LogP) is 3.37. The lowest BCUT2D eigenvalue weighted by Crippen LogP contribution is -2.32.